The first-order valence-electron chi connectivity index (χ1n) is 8.79. The van der Waals surface area contributed by atoms with Crippen LogP contribution in [-0.4, -0.2) is 24.7 Å². The summed E-state index contributed by atoms with van der Waals surface area (Å²) in [6.07, 6.45) is 0. The standard InChI is InChI=1S/C21H24N2O3S/c1-21(2,3)20(25)22-15-9-7-8-14(12-15)19-23(18(24)13-27-19)16-10-5-6-11-17(16)26-4/h5-12,19H,13H2,1-4H3,(H,22,25). The van der Waals surface area contributed by atoms with E-state index in [0.29, 0.717) is 11.5 Å². The molecule has 27 heavy (non-hydrogen) atoms. The van der Waals surface area contributed by atoms with Crippen molar-refractivity contribution in [2.45, 2.75) is 26.1 Å². The van der Waals surface area contributed by atoms with Crippen molar-refractivity contribution in [2.75, 3.05) is 23.1 Å². The summed E-state index contributed by atoms with van der Waals surface area (Å²) in [6, 6.07) is 15.2. The van der Waals surface area contributed by atoms with Crippen molar-refractivity contribution < 1.29 is 14.3 Å². The van der Waals surface area contributed by atoms with E-state index in [1.54, 1.807) is 23.8 Å². The second kappa shape index (κ2) is 7.64. The first-order valence-corrected chi connectivity index (χ1v) is 9.84. The first-order chi connectivity index (χ1) is 12.8. The van der Waals surface area contributed by atoms with Crippen molar-refractivity contribution >= 4 is 35.0 Å². The molecule has 0 radical (unpaired) electrons. The van der Waals surface area contributed by atoms with Crippen LogP contribution in [0.4, 0.5) is 11.4 Å². The average molecular weight is 385 g/mol. The lowest BCUT2D eigenvalue weighted by atomic mass is 9.95. The van der Waals surface area contributed by atoms with Gasteiger partial charge in [-0.1, -0.05) is 45.0 Å². The SMILES string of the molecule is COc1ccccc1N1C(=O)CSC1c1cccc(NC(=O)C(C)(C)C)c1. The highest BCUT2D eigenvalue weighted by Gasteiger charge is 2.35. The number of carbonyl (C=O) groups excluding carboxylic acids is 2. The number of carbonyl (C=O) groups is 2. The Morgan fingerprint density at radius 3 is 2.63 bits per heavy atom. The second-order valence-electron chi connectivity index (χ2n) is 7.43. The molecule has 0 bridgehead atoms. The molecule has 2 amide bonds. The maximum absolute atomic E-state index is 12.6. The van der Waals surface area contributed by atoms with Gasteiger partial charge in [-0.15, -0.1) is 11.8 Å². The first kappa shape index (κ1) is 19.3. The Bertz CT molecular complexity index is 861. The summed E-state index contributed by atoms with van der Waals surface area (Å²) >= 11 is 1.57. The second-order valence-corrected chi connectivity index (χ2v) is 8.50. The Balaban J connectivity index is 1.92. The van der Waals surface area contributed by atoms with Crippen LogP contribution in [0.25, 0.3) is 0 Å². The molecule has 3 rings (SSSR count). The zero-order valence-corrected chi connectivity index (χ0v) is 16.8. The highest BCUT2D eigenvalue weighted by atomic mass is 32.2. The molecular formula is C21H24N2O3S. The van der Waals surface area contributed by atoms with Crippen LogP contribution in [0.2, 0.25) is 0 Å². The van der Waals surface area contributed by atoms with Gasteiger partial charge >= 0.3 is 0 Å². The van der Waals surface area contributed by atoms with Gasteiger partial charge in [0.2, 0.25) is 11.8 Å². The van der Waals surface area contributed by atoms with Crippen LogP contribution in [0, 0.1) is 5.41 Å². The molecule has 1 fully saturated rings. The van der Waals surface area contributed by atoms with Crippen molar-refractivity contribution in [3.8, 4) is 5.75 Å². The number of para-hydroxylation sites is 2. The van der Waals surface area contributed by atoms with Gasteiger partial charge < -0.3 is 10.1 Å². The van der Waals surface area contributed by atoms with E-state index in [1.807, 2.05) is 69.3 Å². The molecule has 1 N–H and O–H groups in total. The largest absolute Gasteiger partial charge is 0.495 e. The summed E-state index contributed by atoms with van der Waals surface area (Å²) in [5, 5.41) is 2.79. The van der Waals surface area contributed by atoms with Crippen LogP contribution in [-0.2, 0) is 9.59 Å². The van der Waals surface area contributed by atoms with Gasteiger partial charge in [-0.2, -0.15) is 0 Å². The minimum atomic E-state index is -0.475. The predicted octanol–water partition coefficient (Wildman–Crippen LogP) is 4.46. The maximum atomic E-state index is 12.6. The number of anilines is 2. The van der Waals surface area contributed by atoms with Crippen molar-refractivity contribution in [1.82, 2.24) is 0 Å². The molecule has 0 spiro atoms. The van der Waals surface area contributed by atoms with E-state index >= 15 is 0 Å². The summed E-state index contributed by atoms with van der Waals surface area (Å²) in [7, 11) is 1.60. The summed E-state index contributed by atoms with van der Waals surface area (Å²) in [4.78, 5) is 26.7. The molecular weight excluding hydrogens is 360 g/mol. The van der Waals surface area contributed by atoms with Gasteiger partial charge in [0, 0.05) is 11.1 Å². The predicted molar refractivity (Wildman–Crippen MR) is 110 cm³/mol. The van der Waals surface area contributed by atoms with E-state index in [9.17, 15) is 9.59 Å². The van der Waals surface area contributed by atoms with Crippen LogP contribution < -0.4 is 15.0 Å². The van der Waals surface area contributed by atoms with Crippen molar-refractivity contribution in [1.29, 1.82) is 0 Å². The zero-order chi connectivity index (χ0) is 19.6. The molecule has 2 aromatic rings. The van der Waals surface area contributed by atoms with Crippen LogP contribution in [0.3, 0.4) is 0 Å². The van der Waals surface area contributed by atoms with Crippen LogP contribution >= 0.6 is 11.8 Å². The molecule has 1 unspecified atom stereocenters. The van der Waals surface area contributed by atoms with Crippen molar-refractivity contribution in [3.63, 3.8) is 0 Å². The molecule has 5 nitrogen and oxygen atoms in total. The topological polar surface area (TPSA) is 58.6 Å². The monoisotopic (exact) mass is 384 g/mol. The summed E-state index contributed by atoms with van der Waals surface area (Å²) < 4.78 is 5.44. The quantitative estimate of drug-likeness (QED) is 0.846. The molecule has 1 saturated heterocycles. The smallest absolute Gasteiger partial charge is 0.238 e. The summed E-state index contributed by atoms with van der Waals surface area (Å²) in [5.74, 6) is 1.06. The number of nitrogens with zero attached hydrogens (tertiary/aromatic N) is 1. The Hall–Kier alpha value is -2.47. The van der Waals surface area contributed by atoms with Crippen molar-refractivity contribution in [3.05, 3.63) is 54.1 Å². The van der Waals surface area contributed by atoms with Gasteiger partial charge in [0.05, 0.1) is 18.6 Å². The van der Waals surface area contributed by atoms with E-state index in [2.05, 4.69) is 5.32 Å². The molecule has 0 aromatic heterocycles. The highest BCUT2D eigenvalue weighted by molar-refractivity contribution is 8.00. The normalized spacial score (nSPS) is 17.1. The number of ether oxygens (including phenoxy) is 1. The number of hydrogen-bond acceptors (Lipinski definition) is 4. The van der Waals surface area contributed by atoms with E-state index in [4.69, 9.17) is 4.74 Å². The fourth-order valence-electron chi connectivity index (χ4n) is 2.85. The third kappa shape index (κ3) is 4.11. The van der Waals surface area contributed by atoms with E-state index in [0.717, 1.165) is 16.9 Å². The molecule has 1 atom stereocenters. The zero-order valence-electron chi connectivity index (χ0n) is 16.0. The lowest BCUT2D eigenvalue weighted by Gasteiger charge is -2.26. The Morgan fingerprint density at radius 1 is 1.19 bits per heavy atom. The minimum absolute atomic E-state index is 0.0404. The Labute approximate surface area is 164 Å². The van der Waals surface area contributed by atoms with E-state index < -0.39 is 5.41 Å². The molecule has 0 saturated carbocycles. The number of benzene rings is 2. The molecule has 6 heteroatoms. The number of nitrogens with one attached hydrogen (secondary N) is 1. The molecule has 142 valence electrons. The van der Waals surface area contributed by atoms with Crippen molar-refractivity contribution in [2.24, 2.45) is 5.41 Å². The van der Waals surface area contributed by atoms with Gasteiger partial charge in [-0.05, 0) is 29.8 Å². The summed E-state index contributed by atoms with van der Waals surface area (Å²) in [5.41, 5.74) is 1.97. The average Bonchev–Trinajstić information content (AvgIpc) is 3.02. The minimum Gasteiger partial charge on any atom is -0.495 e. The lowest BCUT2D eigenvalue weighted by molar-refractivity contribution is -0.123. The van der Waals surface area contributed by atoms with E-state index in [1.165, 1.54) is 0 Å². The number of amides is 2. The highest BCUT2D eigenvalue weighted by Crippen LogP contribution is 2.45. The lowest BCUT2D eigenvalue weighted by Crippen LogP contribution is -2.29. The van der Waals surface area contributed by atoms with Gasteiger partial charge in [0.15, 0.2) is 0 Å². The number of rotatable bonds is 4. The summed E-state index contributed by atoms with van der Waals surface area (Å²) in [6.45, 7) is 5.63. The van der Waals surface area contributed by atoms with Crippen LogP contribution in [0.15, 0.2) is 48.5 Å². The third-order valence-electron chi connectivity index (χ3n) is 4.32. The molecule has 1 heterocycles. The fraction of sp³-hybridized carbons (Fsp3) is 0.333. The molecule has 2 aromatic carbocycles. The fourth-order valence-corrected chi connectivity index (χ4v) is 4.01. The van der Waals surface area contributed by atoms with Gasteiger partial charge in [0.25, 0.3) is 0 Å². The molecule has 1 aliphatic rings. The molecule has 1 aliphatic heterocycles. The number of methoxy groups -OCH3 is 1. The van der Waals surface area contributed by atoms with Gasteiger partial charge in [-0.3, -0.25) is 14.5 Å². The Kier molecular flexibility index (Phi) is 5.46. The molecule has 0 aliphatic carbocycles. The van der Waals surface area contributed by atoms with Gasteiger partial charge in [-0.25, -0.2) is 0 Å². The maximum Gasteiger partial charge on any atom is 0.238 e. The van der Waals surface area contributed by atoms with Gasteiger partial charge in [0.1, 0.15) is 11.1 Å². The van der Waals surface area contributed by atoms with Crippen LogP contribution in [0.1, 0.15) is 31.7 Å². The Morgan fingerprint density at radius 2 is 1.93 bits per heavy atom. The number of thioether (sulfide) groups is 1. The van der Waals surface area contributed by atoms with Crippen LogP contribution in [0.5, 0.6) is 5.75 Å². The number of hydrogen-bond donors (Lipinski definition) is 1. The third-order valence-corrected chi connectivity index (χ3v) is 5.54. The van der Waals surface area contributed by atoms with E-state index in [-0.39, 0.29) is 17.2 Å².